The Balaban J connectivity index is 1.25. The summed E-state index contributed by atoms with van der Waals surface area (Å²) < 4.78 is 24.0. The van der Waals surface area contributed by atoms with E-state index in [1.165, 1.54) is 11.1 Å². The predicted molar refractivity (Wildman–Crippen MR) is 153 cm³/mol. The average molecular weight is 510 g/mol. The highest BCUT2D eigenvalue weighted by atomic mass is 16.5. The van der Waals surface area contributed by atoms with Crippen molar-refractivity contribution in [3.63, 3.8) is 0 Å². The Labute approximate surface area is 225 Å². The Morgan fingerprint density at radius 3 is 2.39 bits per heavy atom. The van der Waals surface area contributed by atoms with Crippen LogP contribution in [0.5, 0.6) is 17.2 Å². The fourth-order valence-corrected chi connectivity index (χ4v) is 5.17. The van der Waals surface area contributed by atoms with Crippen LogP contribution in [0.1, 0.15) is 29.0 Å². The Bertz CT molecular complexity index is 1350. The van der Waals surface area contributed by atoms with Crippen LogP contribution in [-0.4, -0.2) is 40.0 Å². The maximum atomic E-state index is 6.54. The molecular formula is C33H35NO4. The van der Waals surface area contributed by atoms with Gasteiger partial charge in [-0.25, -0.2) is 0 Å². The SMILES string of the molecule is COc1cc(COC2CNCCC2c2ccc(OCC=Cc3ccccc3)cc2)c(OC)c2ccccc12. The molecule has 2 unspecified atom stereocenters. The van der Waals surface area contributed by atoms with E-state index in [0.717, 1.165) is 53.1 Å². The van der Waals surface area contributed by atoms with Gasteiger partial charge < -0.3 is 24.3 Å². The molecule has 0 aromatic heterocycles. The van der Waals surface area contributed by atoms with E-state index in [-0.39, 0.29) is 6.10 Å². The highest BCUT2D eigenvalue weighted by molar-refractivity contribution is 5.94. The first-order chi connectivity index (χ1) is 18.8. The van der Waals surface area contributed by atoms with Gasteiger partial charge in [0.05, 0.1) is 26.9 Å². The lowest BCUT2D eigenvalue weighted by molar-refractivity contribution is 0.00983. The van der Waals surface area contributed by atoms with Gasteiger partial charge in [0.15, 0.2) is 0 Å². The summed E-state index contributed by atoms with van der Waals surface area (Å²) in [6.07, 6.45) is 5.18. The zero-order valence-corrected chi connectivity index (χ0v) is 22.1. The minimum absolute atomic E-state index is 0.0477. The second-order valence-electron chi connectivity index (χ2n) is 9.46. The highest BCUT2D eigenvalue weighted by Gasteiger charge is 2.28. The molecule has 0 spiro atoms. The number of hydrogen-bond donors (Lipinski definition) is 1. The summed E-state index contributed by atoms with van der Waals surface area (Å²) >= 11 is 0. The summed E-state index contributed by atoms with van der Waals surface area (Å²) in [6, 6.07) is 28.9. The summed E-state index contributed by atoms with van der Waals surface area (Å²) in [7, 11) is 3.41. The van der Waals surface area contributed by atoms with Gasteiger partial charge in [-0.3, -0.25) is 0 Å². The molecule has 4 aromatic rings. The Morgan fingerprint density at radius 2 is 1.63 bits per heavy atom. The van der Waals surface area contributed by atoms with Gasteiger partial charge >= 0.3 is 0 Å². The van der Waals surface area contributed by atoms with Crippen molar-refractivity contribution in [2.24, 2.45) is 0 Å². The molecule has 1 heterocycles. The molecule has 196 valence electrons. The molecule has 2 atom stereocenters. The van der Waals surface area contributed by atoms with Crippen LogP contribution in [0.3, 0.4) is 0 Å². The van der Waals surface area contributed by atoms with Crippen LogP contribution in [-0.2, 0) is 11.3 Å². The van der Waals surface area contributed by atoms with Gasteiger partial charge in [0.1, 0.15) is 23.9 Å². The normalized spacial score (nSPS) is 17.5. The van der Waals surface area contributed by atoms with Gasteiger partial charge in [0.25, 0.3) is 0 Å². The Morgan fingerprint density at radius 1 is 0.868 bits per heavy atom. The van der Waals surface area contributed by atoms with Gasteiger partial charge in [-0.2, -0.15) is 0 Å². The van der Waals surface area contributed by atoms with E-state index in [1.807, 2.05) is 42.5 Å². The lowest BCUT2D eigenvalue weighted by atomic mass is 9.87. The maximum Gasteiger partial charge on any atom is 0.132 e. The van der Waals surface area contributed by atoms with Crippen LogP contribution in [0.4, 0.5) is 0 Å². The van der Waals surface area contributed by atoms with Crippen molar-refractivity contribution in [2.45, 2.75) is 25.0 Å². The zero-order chi connectivity index (χ0) is 26.2. The molecule has 5 nitrogen and oxygen atoms in total. The van der Waals surface area contributed by atoms with E-state index >= 15 is 0 Å². The number of fused-ring (bicyclic) bond motifs is 1. The molecule has 0 saturated carbocycles. The monoisotopic (exact) mass is 509 g/mol. The summed E-state index contributed by atoms with van der Waals surface area (Å²) in [5.74, 6) is 2.83. The molecule has 1 N–H and O–H groups in total. The summed E-state index contributed by atoms with van der Waals surface area (Å²) in [5.41, 5.74) is 3.43. The predicted octanol–water partition coefficient (Wildman–Crippen LogP) is 6.61. The molecule has 0 bridgehead atoms. The van der Waals surface area contributed by atoms with Gasteiger partial charge in [-0.15, -0.1) is 0 Å². The molecule has 38 heavy (non-hydrogen) atoms. The highest BCUT2D eigenvalue weighted by Crippen LogP contribution is 2.38. The quantitative estimate of drug-likeness (QED) is 0.261. The van der Waals surface area contributed by atoms with E-state index in [9.17, 15) is 0 Å². The second kappa shape index (κ2) is 12.6. The third-order valence-electron chi connectivity index (χ3n) is 7.10. The minimum Gasteiger partial charge on any atom is -0.496 e. The number of methoxy groups -OCH3 is 2. The zero-order valence-electron chi connectivity index (χ0n) is 22.1. The Kier molecular flexibility index (Phi) is 8.59. The fraction of sp³-hybridized carbons (Fsp3) is 0.273. The summed E-state index contributed by atoms with van der Waals surface area (Å²) in [5, 5.41) is 5.56. The molecule has 0 aliphatic carbocycles. The number of benzene rings is 4. The van der Waals surface area contributed by atoms with Crippen LogP contribution >= 0.6 is 0 Å². The molecule has 5 rings (SSSR count). The number of nitrogens with one attached hydrogen (secondary N) is 1. The van der Waals surface area contributed by atoms with E-state index in [1.54, 1.807) is 14.2 Å². The Hall–Kier alpha value is -3.80. The van der Waals surface area contributed by atoms with E-state index in [0.29, 0.717) is 19.1 Å². The summed E-state index contributed by atoms with van der Waals surface area (Å²) in [4.78, 5) is 0. The van der Waals surface area contributed by atoms with Crippen molar-refractivity contribution in [1.29, 1.82) is 0 Å². The van der Waals surface area contributed by atoms with Crippen molar-refractivity contribution < 1.29 is 18.9 Å². The van der Waals surface area contributed by atoms with Crippen LogP contribution in [0.25, 0.3) is 16.8 Å². The van der Waals surface area contributed by atoms with Crippen molar-refractivity contribution in [3.8, 4) is 17.2 Å². The van der Waals surface area contributed by atoms with Crippen molar-refractivity contribution in [3.05, 3.63) is 108 Å². The molecule has 4 aromatic carbocycles. The van der Waals surface area contributed by atoms with Crippen LogP contribution in [0.15, 0.2) is 91.0 Å². The number of piperidine rings is 1. The van der Waals surface area contributed by atoms with Crippen LogP contribution < -0.4 is 19.5 Å². The molecule has 0 radical (unpaired) electrons. The molecule has 1 fully saturated rings. The third-order valence-corrected chi connectivity index (χ3v) is 7.10. The number of rotatable bonds is 10. The largest absolute Gasteiger partial charge is 0.496 e. The standard InChI is InChI=1S/C33H35NO4/c1-35-31-21-26(33(36-2)30-13-7-6-12-29(30)31)23-38-32-22-34-19-18-28(32)25-14-16-27(17-15-25)37-20-8-11-24-9-4-3-5-10-24/h3-17,21,28,32,34H,18-20,22-23H2,1-2H3. The van der Waals surface area contributed by atoms with E-state index in [4.69, 9.17) is 18.9 Å². The second-order valence-corrected chi connectivity index (χ2v) is 9.46. The van der Waals surface area contributed by atoms with E-state index in [2.05, 4.69) is 59.9 Å². The van der Waals surface area contributed by atoms with E-state index < -0.39 is 0 Å². The fourth-order valence-electron chi connectivity index (χ4n) is 5.17. The minimum atomic E-state index is 0.0477. The first kappa shape index (κ1) is 25.8. The van der Waals surface area contributed by atoms with Gasteiger partial charge in [0.2, 0.25) is 0 Å². The van der Waals surface area contributed by atoms with Crippen LogP contribution in [0.2, 0.25) is 0 Å². The molecule has 1 saturated heterocycles. The number of hydrogen-bond acceptors (Lipinski definition) is 5. The first-order valence-corrected chi connectivity index (χ1v) is 13.2. The molecule has 1 aliphatic heterocycles. The van der Waals surface area contributed by atoms with Gasteiger partial charge in [-0.1, -0.05) is 72.8 Å². The first-order valence-electron chi connectivity index (χ1n) is 13.2. The van der Waals surface area contributed by atoms with Gasteiger partial charge in [0, 0.05) is 28.8 Å². The smallest absolute Gasteiger partial charge is 0.132 e. The van der Waals surface area contributed by atoms with Crippen molar-refractivity contribution in [2.75, 3.05) is 33.9 Å². The van der Waals surface area contributed by atoms with Gasteiger partial charge in [-0.05, 0) is 48.4 Å². The molecular weight excluding hydrogens is 474 g/mol. The third kappa shape index (κ3) is 6.01. The molecule has 5 heteroatoms. The van der Waals surface area contributed by atoms with Crippen molar-refractivity contribution in [1.82, 2.24) is 5.32 Å². The lowest BCUT2D eigenvalue weighted by Crippen LogP contribution is -2.41. The summed E-state index contributed by atoms with van der Waals surface area (Å²) in [6.45, 7) is 2.76. The lowest BCUT2D eigenvalue weighted by Gasteiger charge is -2.33. The van der Waals surface area contributed by atoms with Crippen molar-refractivity contribution >= 4 is 16.8 Å². The number of ether oxygens (including phenoxy) is 4. The topological polar surface area (TPSA) is 49.0 Å². The molecule has 1 aliphatic rings. The average Bonchev–Trinajstić information content (AvgIpc) is 2.98. The molecule has 0 amide bonds. The maximum absolute atomic E-state index is 6.54. The van der Waals surface area contributed by atoms with Crippen LogP contribution in [0, 0.1) is 0 Å².